The molecular formula is C20H12F8N2O3S. The molecule has 0 bridgehead atoms. The second-order valence-electron chi connectivity index (χ2n) is 6.96. The van der Waals surface area contributed by atoms with E-state index in [2.05, 4.69) is 4.99 Å². The SMILES string of the molecule is CCC(C(=O)O)n1/c(=N/C(=O)c2cc(C(F)(F)F)cc(C(F)(F)F)c2)sc2cc(F)c(F)cc21. The summed E-state index contributed by atoms with van der Waals surface area (Å²) in [5.41, 5.74) is -4.73. The number of carbonyl (C=O) groups excluding carboxylic acids is 1. The molecule has 5 nitrogen and oxygen atoms in total. The molecule has 1 heterocycles. The van der Waals surface area contributed by atoms with E-state index >= 15 is 0 Å². The normalized spacial score (nSPS) is 14.0. The first-order chi connectivity index (χ1) is 15.6. The van der Waals surface area contributed by atoms with Gasteiger partial charge < -0.3 is 9.67 Å². The summed E-state index contributed by atoms with van der Waals surface area (Å²) in [6.45, 7) is 1.42. The molecular weight excluding hydrogens is 500 g/mol. The first kappa shape index (κ1) is 25.3. The Bertz CT molecular complexity index is 1320. The van der Waals surface area contributed by atoms with Crippen LogP contribution in [0.3, 0.4) is 0 Å². The molecule has 3 rings (SSSR count). The monoisotopic (exact) mass is 512 g/mol. The molecule has 1 atom stereocenters. The summed E-state index contributed by atoms with van der Waals surface area (Å²) in [5.74, 6) is -5.63. The van der Waals surface area contributed by atoms with Crippen LogP contribution in [0.4, 0.5) is 35.1 Å². The molecule has 0 aliphatic heterocycles. The number of rotatable bonds is 4. The average Bonchev–Trinajstić information content (AvgIpc) is 3.03. The van der Waals surface area contributed by atoms with Crippen molar-refractivity contribution < 1.29 is 49.8 Å². The van der Waals surface area contributed by atoms with Gasteiger partial charge in [0.05, 0.1) is 21.3 Å². The van der Waals surface area contributed by atoms with Crippen molar-refractivity contribution in [2.45, 2.75) is 31.7 Å². The van der Waals surface area contributed by atoms with E-state index in [1.165, 1.54) is 6.92 Å². The van der Waals surface area contributed by atoms with Crippen molar-refractivity contribution >= 4 is 33.4 Å². The number of hydrogen-bond acceptors (Lipinski definition) is 3. The highest BCUT2D eigenvalue weighted by Crippen LogP contribution is 2.36. The van der Waals surface area contributed by atoms with Crippen molar-refractivity contribution in [3.05, 3.63) is 63.5 Å². The standard InChI is InChI=1S/C20H12F8N2O3S/c1-2-13(17(32)33)30-14-6-11(21)12(22)7-15(14)34-18(30)29-16(31)8-3-9(19(23,24)25)5-10(4-8)20(26,27)28/h3-7,13H,2H2,1H3,(H,32,33)/b29-18-. The highest BCUT2D eigenvalue weighted by atomic mass is 32.1. The molecule has 0 saturated carbocycles. The predicted molar refractivity (Wildman–Crippen MR) is 103 cm³/mol. The number of thiazole rings is 1. The van der Waals surface area contributed by atoms with Crippen LogP contribution >= 0.6 is 11.3 Å². The van der Waals surface area contributed by atoms with Crippen LogP contribution in [0.1, 0.15) is 40.9 Å². The van der Waals surface area contributed by atoms with Crippen LogP contribution in [0.5, 0.6) is 0 Å². The fourth-order valence-corrected chi connectivity index (χ4v) is 4.19. The summed E-state index contributed by atoms with van der Waals surface area (Å²) < 4.78 is 107. The molecule has 0 radical (unpaired) electrons. The summed E-state index contributed by atoms with van der Waals surface area (Å²) in [6, 6.07) is 0.0917. The van der Waals surface area contributed by atoms with E-state index < -0.39 is 63.4 Å². The first-order valence-electron chi connectivity index (χ1n) is 9.25. The number of halogens is 8. The van der Waals surface area contributed by atoms with E-state index in [1.807, 2.05) is 0 Å². The number of carboxylic acid groups (broad SMARTS) is 1. The number of aromatic nitrogens is 1. The van der Waals surface area contributed by atoms with Crippen LogP contribution in [0.2, 0.25) is 0 Å². The molecule has 1 aromatic heterocycles. The lowest BCUT2D eigenvalue weighted by molar-refractivity contribution is -0.143. The zero-order chi connectivity index (χ0) is 25.6. The lowest BCUT2D eigenvalue weighted by Gasteiger charge is -2.14. The molecule has 34 heavy (non-hydrogen) atoms. The maximum absolute atomic E-state index is 13.8. The van der Waals surface area contributed by atoms with Gasteiger partial charge in [0.1, 0.15) is 6.04 Å². The van der Waals surface area contributed by atoms with E-state index in [1.54, 1.807) is 0 Å². The van der Waals surface area contributed by atoms with Gasteiger partial charge in [0.25, 0.3) is 5.91 Å². The second kappa shape index (κ2) is 8.81. The molecule has 3 aromatic rings. The maximum atomic E-state index is 13.8. The van der Waals surface area contributed by atoms with Crippen molar-refractivity contribution in [2.24, 2.45) is 4.99 Å². The largest absolute Gasteiger partial charge is 0.480 e. The fraction of sp³-hybridized carbons (Fsp3) is 0.250. The summed E-state index contributed by atoms with van der Waals surface area (Å²) in [5, 5.41) is 9.50. The van der Waals surface area contributed by atoms with Gasteiger partial charge in [-0.25, -0.2) is 13.6 Å². The molecule has 0 aliphatic rings. The van der Waals surface area contributed by atoms with Crippen LogP contribution in [0.25, 0.3) is 10.2 Å². The Balaban J connectivity index is 2.29. The Labute approximate surface area is 188 Å². The molecule has 182 valence electrons. The molecule has 0 aliphatic carbocycles. The van der Waals surface area contributed by atoms with Gasteiger partial charge in [-0.15, -0.1) is 0 Å². The number of alkyl halides is 6. The molecule has 2 aromatic carbocycles. The van der Waals surface area contributed by atoms with Crippen molar-refractivity contribution in [1.82, 2.24) is 4.57 Å². The molecule has 0 fully saturated rings. The average molecular weight is 512 g/mol. The minimum Gasteiger partial charge on any atom is -0.480 e. The van der Waals surface area contributed by atoms with Gasteiger partial charge in [-0.2, -0.15) is 31.3 Å². The minimum atomic E-state index is -5.21. The van der Waals surface area contributed by atoms with Crippen molar-refractivity contribution in [3.8, 4) is 0 Å². The van der Waals surface area contributed by atoms with E-state index in [0.717, 1.165) is 4.57 Å². The van der Waals surface area contributed by atoms with E-state index in [-0.39, 0.29) is 34.8 Å². The van der Waals surface area contributed by atoms with Crippen molar-refractivity contribution in [2.75, 3.05) is 0 Å². The third-order valence-corrected chi connectivity index (χ3v) is 5.70. The Hall–Kier alpha value is -3.29. The summed E-state index contributed by atoms with van der Waals surface area (Å²) in [4.78, 5) is 27.3. The number of aliphatic carboxylic acids is 1. The van der Waals surface area contributed by atoms with Gasteiger partial charge >= 0.3 is 18.3 Å². The van der Waals surface area contributed by atoms with Gasteiger partial charge in [-0.3, -0.25) is 4.79 Å². The number of amides is 1. The Kier molecular flexibility index (Phi) is 6.57. The quantitative estimate of drug-likeness (QED) is 0.450. The first-order valence-corrected chi connectivity index (χ1v) is 10.1. The topological polar surface area (TPSA) is 71.7 Å². The number of nitrogens with zero attached hydrogens (tertiary/aromatic N) is 2. The third-order valence-electron chi connectivity index (χ3n) is 4.68. The van der Waals surface area contributed by atoms with Crippen LogP contribution in [0.15, 0.2) is 35.3 Å². The summed E-state index contributed by atoms with van der Waals surface area (Å²) >= 11 is 0.511. The fourth-order valence-electron chi connectivity index (χ4n) is 3.11. The van der Waals surface area contributed by atoms with Crippen molar-refractivity contribution in [3.63, 3.8) is 0 Å². The number of carbonyl (C=O) groups is 2. The molecule has 14 heteroatoms. The molecule has 1 N–H and O–H groups in total. The van der Waals surface area contributed by atoms with Gasteiger partial charge in [-0.05, 0) is 30.7 Å². The van der Waals surface area contributed by atoms with Crippen LogP contribution < -0.4 is 4.80 Å². The van der Waals surface area contributed by atoms with Crippen LogP contribution in [-0.2, 0) is 17.1 Å². The predicted octanol–water partition coefficient (Wildman–Crippen LogP) is 5.80. The van der Waals surface area contributed by atoms with Gasteiger partial charge in [0.2, 0.25) is 0 Å². The molecule has 1 amide bonds. The zero-order valence-electron chi connectivity index (χ0n) is 16.8. The zero-order valence-corrected chi connectivity index (χ0v) is 17.6. The second-order valence-corrected chi connectivity index (χ2v) is 7.97. The van der Waals surface area contributed by atoms with Crippen molar-refractivity contribution in [1.29, 1.82) is 0 Å². The van der Waals surface area contributed by atoms with Gasteiger partial charge in [0, 0.05) is 11.6 Å². The van der Waals surface area contributed by atoms with Gasteiger partial charge in [-0.1, -0.05) is 18.3 Å². The highest BCUT2D eigenvalue weighted by Gasteiger charge is 2.37. The number of fused-ring (bicyclic) bond motifs is 1. The summed E-state index contributed by atoms with van der Waals surface area (Å²) in [7, 11) is 0. The highest BCUT2D eigenvalue weighted by molar-refractivity contribution is 7.16. The van der Waals surface area contributed by atoms with Gasteiger partial charge in [0.15, 0.2) is 16.4 Å². The lowest BCUT2D eigenvalue weighted by Crippen LogP contribution is -2.27. The van der Waals surface area contributed by atoms with Crippen LogP contribution in [0, 0.1) is 11.6 Å². The Morgan fingerprint density at radius 3 is 1.97 bits per heavy atom. The third kappa shape index (κ3) is 4.95. The van der Waals surface area contributed by atoms with Crippen LogP contribution in [-0.4, -0.2) is 21.6 Å². The molecule has 1 unspecified atom stereocenters. The maximum Gasteiger partial charge on any atom is 0.416 e. The number of hydrogen-bond donors (Lipinski definition) is 1. The number of carboxylic acids is 1. The Morgan fingerprint density at radius 2 is 1.50 bits per heavy atom. The lowest BCUT2D eigenvalue weighted by atomic mass is 10.0. The van der Waals surface area contributed by atoms with E-state index in [0.29, 0.717) is 23.5 Å². The Morgan fingerprint density at radius 1 is 0.971 bits per heavy atom. The minimum absolute atomic E-state index is 0.0508. The summed E-state index contributed by atoms with van der Waals surface area (Å²) in [6.07, 6.45) is -10.5. The molecule has 0 saturated heterocycles. The smallest absolute Gasteiger partial charge is 0.416 e. The molecule has 0 spiro atoms. The number of benzene rings is 2. The van der Waals surface area contributed by atoms with E-state index in [9.17, 15) is 49.8 Å². The van der Waals surface area contributed by atoms with E-state index in [4.69, 9.17) is 0 Å².